The third kappa shape index (κ3) is 8.98. The number of fused-ring (bicyclic) bond motifs is 1. The molecule has 2 aromatic rings. The first kappa shape index (κ1) is 27.8. The molecule has 7 heteroatoms. The van der Waals surface area contributed by atoms with Crippen LogP contribution in [0.15, 0.2) is 54.6 Å². The van der Waals surface area contributed by atoms with Crippen LogP contribution in [0, 0.1) is 5.92 Å². The lowest BCUT2D eigenvalue weighted by Gasteiger charge is -2.17. The van der Waals surface area contributed by atoms with Gasteiger partial charge in [0.1, 0.15) is 5.78 Å². The minimum absolute atomic E-state index is 0.0657. The predicted octanol–water partition coefficient (Wildman–Crippen LogP) is 4.82. The Hall–Kier alpha value is -1.80. The van der Waals surface area contributed by atoms with Gasteiger partial charge in [-0.25, -0.2) is 0 Å². The molecule has 1 fully saturated rings. The number of hydrogen-bond acceptors (Lipinski definition) is 7. The predicted molar refractivity (Wildman–Crippen MR) is 146 cm³/mol. The molecule has 1 unspecified atom stereocenters. The second kappa shape index (κ2) is 14.1. The van der Waals surface area contributed by atoms with Gasteiger partial charge in [0.15, 0.2) is 0 Å². The SMILES string of the molecule is CC(C)OC(=O)CSCCCS[C@H]1C(=O)C[C@@H](O)[C@@H]1/C=C/C(O)CCc1ccc2ccccc2c1. The highest BCUT2D eigenvalue weighted by Gasteiger charge is 2.40. The highest BCUT2D eigenvalue weighted by atomic mass is 32.2. The van der Waals surface area contributed by atoms with E-state index in [1.807, 2.05) is 32.1 Å². The third-order valence-corrected chi connectivity index (χ3v) is 8.41. The van der Waals surface area contributed by atoms with E-state index >= 15 is 0 Å². The van der Waals surface area contributed by atoms with E-state index in [9.17, 15) is 19.8 Å². The summed E-state index contributed by atoms with van der Waals surface area (Å²) in [6.45, 7) is 3.67. The Morgan fingerprint density at radius 2 is 1.94 bits per heavy atom. The summed E-state index contributed by atoms with van der Waals surface area (Å²) in [5.41, 5.74) is 1.18. The fourth-order valence-electron chi connectivity index (χ4n) is 4.19. The van der Waals surface area contributed by atoms with Crippen molar-refractivity contribution >= 4 is 46.0 Å². The van der Waals surface area contributed by atoms with Gasteiger partial charge in [-0.3, -0.25) is 9.59 Å². The molecule has 35 heavy (non-hydrogen) atoms. The minimum atomic E-state index is -0.705. The van der Waals surface area contributed by atoms with Gasteiger partial charge in [-0.1, -0.05) is 54.6 Å². The molecule has 4 atom stereocenters. The van der Waals surface area contributed by atoms with Crippen LogP contribution in [-0.2, 0) is 20.7 Å². The molecule has 0 heterocycles. The van der Waals surface area contributed by atoms with Gasteiger partial charge in [0, 0.05) is 12.3 Å². The number of Topliss-reactive ketones (excluding diaryl/α,β-unsaturated/α-hetero) is 1. The lowest BCUT2D eigenvalue weighted by atomic mass is 10.0. The van der Waals surface area contributed by atoms with E-state index in [2.05, 4.69) is 30.3 Å². The number of carbonyl (C=O) groups is 2. The van der Waals surface area contributed by atoms with Crippen LogP contribution >= 0.6 is 23.5 Å². The number of esters is 1. The fourth-order valence-corrected chi connectivity index (χ4v) is 6.44. The standard InChI is InChI=1S/C28H36O5S2/c1-19(2)33-27(32)18-34-14-5-15-35-28-24(25(30)17-26(28)31)13-12-23(29)11-9-20-8-10-21-6-3-4-7-22(21)16-20/h3-4,6-8,10,12-13,16,19,23-25,28-30H,5,9,11,14-15,17-18H2,1-2H3/b13-12+/t23?,24-,25+,28+/m0/s1. The van der Waals surface area contributed by atoms with Crippen LogP contribution in [0.4, 0.5) is 0 Å². The maximum Gasteiger partial charge on any atom is 0.316 e. The zero-order valence-electron chi connectivity index (χ0n) is 20.5. The van der Waals surface area contributed by atoms with Crippen molar-refractivity contribution in [1.29, 1.82) is 0 Å². The summed E-state index contributed by atoms with van der Waals surface area (Å²) in [6, 6.07) is 14.6. The number of aliphatic hydroxyl groups excluding tert-OH is 2. The summed E-state index contributed by atoms with van der Waals surface area (Å²) in [7, 11) is 0. The Morgan fingerprint density at radius 1 is 1.17 bits per heavy atom. The molecule has 0 saturated heterocycles. The molecule has 5 nitrogen and oxygen atoms in total. The second-order valence-electron chi connectivity index (χ2n) is 9.22. The van der Waals surface area contributed by atoms with Gasteiger partial charge in [0.2, 0.25) is 0 Å². The van der Waals surface area contributed by atoms with Gasteiger partial charge < -0.3 is 14.9 Å². The Kier molecular flexibility index (Phi) is 11.2. The number of ketones is 1. The number of carbonyl (C=O) groups excluding carboxylic acids is 2. The topological polar surface area (TPSA) is 83.8 Å². The van der Waals surface area contributed by atoms with E-state index < -0.39 is 12.2 Å². The Morgan fingerprint density at radius 3 is 2.71 bits per heavy atom. The Labute approximate surface area is 216 Å². The van der Waals surface area contributed by atoms with Crippen LogP contribution < -0.4 is 0 Å². The van der Waals surface area contributed by atoms with Gasteiger partial charge in [-0.05, 0) is 61.0 Å². The van der Waals surface area contributed by atoms with E-state index in [0.717, 1.165) is 24.3 Å². The minimum Gasteiger partial charge on any atom is -0.462 e. The summed E-state index contributed by atoms with van der Waals surface area (Å²) in [5, 5.41) is 23.0. The van der Waals surface area contributed by atoms with Crippen molar-refractivity contribution in [2.24, 2.45) is 5.92 Å². The lowest BCUT2D eigenvalue weighted by molar-refractivity contribution is -0.144. The van der Waals surface area contributed by atoms with Gasteiger partial charge in [0.25, 0.3) is 0 Å². The summed E-state index contributed by atoms with van der Waals surface area (Å²) in [4.78, 5) is 24.0. The normalized spacial score (nSPS) is 21.3. The van der Waals surface area contributed by atoms with Crippen molar-refractivity contribution in [1.82, 2.24) is 0 Å². The van der Waals surface area contributed by atoms with E-state index in [0.29, 0.717) is 12.2 Å². The van der Waals surface area contributed by atoms with Gasteiger partial charge >= 0.3 is 5.97 Å². The van der Waals surface area contributed by atoms with Crippen molar-refractivity contribution in [3.8, 4) is 0 Å². The van der Waals surface area contributed by atoms with Crippen molar-refractivity contribution in [2.75, 3.05) is 17.3 Å². The van der Waals surface area contributed by atoms with Crippen molar-refractivity contribution in [3.05, 3.63) is 60.2 Å². The van der Waals surface area contributed by atoms with E-state index in [1.54, 1.807) is 17.8 Å². The number of hydrogen-bond donors (Lipinski definition) is 2. The Balaban J connectivity index is 1.42. The first-order valence-corrected chi connectivity index (χ1v) is 14.5. The van der Waals surface area contributed by atoms with E-state index in [-0.39, 0.29) is 35.4 Å². The van der Waals surface area contributed by atoms with Gasteiger partial charge in [-0.15, -0.1) is 11.8 Å². The Bertz CT molecular complexity index is 1010. The average Bonchev–Trinajstić information content (AvgIpc) is 3.09. The number of thioether (sulfide) groups is 2. The number of ether oxygens (including phenoxy) is 1. The van der Waals surface area contributed by atoms with Crippen LogP contribution in [0.1, 0.15) is 38.7 Å². The van der Waals surface area contributed by atoms with Crippen LogP contribution in [0.25, 0.3) is 10.8 Å². The molecule has 0 aliphatic heterocycles. The monoisotopic (exact) mass is 516 g/mol. The number of rotatable bonds is 13. The second-order valence-corrected chi connectivity index (χ2v) is 11.6. The molecule has 1 aliphatic rings. The molecule has 2 N–H and O–H groups in total. The molecule has 0 spiro atoms. The molecular weight excluding hydrogens is 480 g/mol. The van der Waals surface area contributed by atoms with E-state index in [1.165, 1.54) is 28.1 Å². The lowest BCUT2D eigenvalue weighted by Crippen LogP contribution is -2.22. The smallest absolute Gasteiger partial charge is 0.316 e. The van der Waals surface area contributed by atoms with Gasteiger partial charge in [-0.2, -0.15) is 11.8 Å². The van der Waals surface area contributed by atoms with Crippen molar-refractivity contribution in [2.45, 2.75) is 63.1 Å². The van der Waals surface area contributed by atoms with Gasteiger partial charge in [0.05, 0.1) is 29.3 Å². The molecule has 1 aliphatic carbocycles. The number of aliphatic hydroxyl groups is 2. The first-order chi connectivity index (χ1) is 16.8. The molecule has 190 valence electrons. The quantitative estimate of drug-likeness (QED) is 0.224. The summed E-state index contributed by atoms with van der Waals surface area (Å²) in [5.74, 6) is 1.53. The highest BCUT2D eigenvalue weighted by molar-refractivity contribution is 8.01. The molecule has 0 bridgehead atoms. The molecule has 1 saturated carbocycles. The first-order valence-electron chi connectivity index (χ1n) is 12.3. The maximum atomic E-state index is 12.4. The summed E-state index contributed by atoms with van der Waals surface area (Å²) >= 11 is 3.10. The summed E-state index contributed by atoms with van der Waals surface area (Å²) < 4.78 is 5.12. The molecule has 0 aromatic heterocycles. The molecule has 2 aromatic carbocycles. The molecule has 0 radical (unpaired) electrons. The fraction of sp³-hybridized carbons (Fsp3) is 0.500. The van der Waals surface area contributed by atoms with Crippen LogP contribution in [0.2, 0.25) is 0 Å². The molecule has 0 amide bonds. The van der Waals surface area contributed by atoms with Crippen LogP contribution in [0.5, 0.6) is 0 Å². The summed E-state index contributed by atoms with van der Waals surface area (Å²) in [6.07, 6.45) is 4.50. The number of benzene rings is 2. The number of aryl methyl sites for hydroxylation is 1. The van der Waals surface area contributed by atoms with Crippen molar-refractivity contribution in [3.63, 3.8) is 0 Å². The average molecular weight is 517 g/mol. The van der Waals surface area contributed by atoms with Crippen LogP contribution in [-0.4, -0.2) is 62.8 Å². The van der Waals surface area contributed by atoms with E-state index in [4.69, 9.17) is 4.74 Å². The van der Waals surface area contributed by atoms with Crippen molar-refractivity contribution < 1.29 is 24.5 Å². The zero-order chi connectivity index (χ0) is 25.2. The van der Waals surface area contributed by atoms with Crippen LogP contribution in [0.3, 0.4) is 0 Å². The highest BCUT2D eigenvalue weighted by Crippen LogP contribution is 2.34. The third-order valence-electron chi connectivity index (χ3n) is 5.94. The molecule has 3 rings (SSSR count). The zero-order valence-corrected chi connectivity index (χ0v) is 22.1. The molecular formula is C28H36O5S2. The maximum absolute atomic E-state index is 12.4. The largest absolute Gasteiger partial charge is 0.462 e.